The summed E-state index contributed by atoms with van der Waals surface area (Å²) in [6.45, 7) is 2.30. The van der Waals surface area contributed by atoms with Crippen LogP contribution < -0.4 is 0 Å². The second-order valence-electron chi connectivity index (χ2n) is 6.03. The highest BCUT2D eigenvalue weighted by atomic mass is 16.7. The summed E-state index contributed by atoms with van der Waals surface area (Å²) in [5.41, 5.74) is 5.68. The van der Waals surface area contributed by atoms with Gasteiger partial charge in [0.2, 0.25) is 0 Å². The summed E-state index contributed by atoms with van der Waals surface area (Å²) in [4.78, 5) is 5.81. The van der Waals surface area contributed by atoms with E-state index in [1.807, 2.05) is 0 Å². The quantitative estimate of drug-likeness (QED) is 0.781. The third kappa shape index (κ3) is 1.46. The van der Waals surface area contributed by atoms with Gasteiger partial charge in [-0.15, -0.1) is 0 Å². The highest BCUT2D eigenvalue weighted by Gasteiger charge is 2.49. The highest BCUT2D eigenvalue weighted by molar-refractivity contribution is 5.46. The van der Waals surface area contributed by atoms with Gasteiger partial charge in [0, 0.05) is 0 Å². The van der Waals surface area contributed by atoms with Crippen LogP contribution in [-0.2, 0) is 23.2 Å². The largest absolute Gasteiger partial charge is 0.301 e. The Bertz CT molecular complexity index is 666. The van der Waals surface area contributed by atoms with Crippen molar-refractivity contribution in [3.8, 4) is 0 Å². The van der Waals surface area contributed by atoms with Gasteiger partial charge in [0.1, 0.15) is 0 Å². The first-order chi connectivity index (χ1) is 9.74. The summed E-state index contributed by atoms with van der Waals surface area (Å²) in [6.07, 6.45) is 2.03. The second-order valence-corrected chi connectivity index (χ2v) is 6.03. The van der Waals surface area contributed by atoms with Gasteiger partial charge in [-0.05, 0) is 42.0 Å². The predicted octanol–water partition coefficient (Wildman–Crippen LogP) is 3.62. The molecule has 0 N–H and O–H groups in total. The molecule has 2 unspecified atom stereocenters. The van der Waals surface area contributed by atoms with Crippen molar-refractivity contribution in [2.45, 2.75) is 31.3 Å². The molecule has 0 radical (unpaired) electrons. The van der Waals surface area contributed by atoms with E-state index in [0.717, 1.165) is 12.8 Å². The third-order valence-electron chi connectivity index (χ3n) is 4.93. The molecule has 0 amide bonds. The lowest BCUT2D eigenvalue weighted by atomic mass is 9.82. The molecule has 0 aromatic heterocycles. The molecule has 0 aliphatic carbocycles. The van der Waals surface area contributed by atoms with Crippen LogP contribution in [0.25, 0.3) is 0 Å². The van der Waals surface area contributed by atoms with Gasteiger partial charge in [-0.3, -0.25) is 0 Å². The maximum Gasteiger partial charge on any atom is 0.0733 e. The van der Waals surface area contributed by atoms with E-state index in [0.29, 0.717) is 6.04 Å². The van der Waals surface area contributed by atoms with Crippen LogP contribution in [0.5, 0.6) is 0 Å². The minimum absolute atomic E-state index is 0.0669. The van der Waals surface area contributed by atoms with Crippen LogP contribution in [0.3, 0.4) is 0 Å². The van der Waals surface area contributed by atoms with Crippen molar-refractivity contribution in [2.24, 2.45) is 0 Å². The zero-order valence-corrected chi connectivity index (χ0v) is 12.0. The molecule has 2 aliphatic heterocycles. The minimum Gasteiger partial charge on any atom is -0.301 e. The summed E-state index contributed by atoms with van der Waals surface area (Å²) in [7, 11) is 1.80. The Kier molecular flexibility index (Phi) is 2.53. The number of hydrogen-bond donors (Lipinski definition) is 0. The monoisotopic (exact) mass is 265 g/mol. The van der Waals surface area contributed by atoms with E-state index in [1.54, 1.807) is 7.11 Å². The standard InChI is InChI=1S/C18H19NO/c1-18-12-14-8-4-3-7-13(14)11-17(19(18)20-2)15-9-5-6-10-16(15)18/h3-10,17H,11-12H2,1-2H3. The van der Waals surface area contributed by atoms with Gasteiger partial charge in [-0.1, -0.05) is 48.5 Å². The summed E-state index contributed by atoms with van der Waals surface area (Å²) in [5.74, 6) is 0. The number of benzene rings is 2. The molecule has 2 aromatic carbocycles. The molecule has 2 heteroatoms. The first-order valence-corrected chi connectivity index (χ1v) is 7.23. The number of nitrogens with zero attached hydrogens (tertiary/aromatic N) is 1. The summed E-state index contributed by atoms with van der Waals surface area (Å²) < 4.78 is 0. The average Bonchev–Trinajstić information content (AvgIpc) is 2.62. The molecule has 102 valence electrons. The molecule has 2 bridgehead atoms. The normalized spacial score (nSPS) is 27.8. The van der Waals surface area contributed by atoms with Gasteiger partial charge in [-0.2, -0.15) is 5.06 Å². The molecule has 0 saturated carbocycles. The van der Waals surface area contributed by atoms with Gasteiger partial charge in [0.05, 0.1) is 18.7 Å². The summed E-state index contributed by atoms with van der Waals surface area (Å²) in [6, 6.07) is 17.9. The number of fused-ring (bicyclic) bond motifs is 6. The topological polar surface area (TPSA) is 12.5 Å². The van der Waals surface area contributed by atoms with Crippen LogP contribution >= 0.6 is 0 Å². The minimum atomic E-state index is -0.0669. The van der Waals surface area contributed by atoms with Crippen LogP contribution in [-0.4, -0.2) is 12.2 Å². The van der Waals surface area contributed by atoms with Crippen LogP contribution in [0, 0.1) is 0 Å². The fraction of sp³-hybridized carbons (Fsp3) is 0.333. The Morgan fingerprint density at radius 2 is 1.75 bits per heavy atom. The Morgan fingerprint density at radius 1 is 1.05 bits per heavy atom. The van der Waals surface area contributed by atoms with Gasteiger partial charge in [0.15, 0.2) is 0 Å². The first kappa shape index (κ1) is 12.1. The molecule has 2 nitrogen and oxygen atoms in total. The van der Waals surface area contributed by atoms with E-state index in [4.69, 9.17) is 4.84 Å². The highest BCUT2D eigenvalue weighted by Crippen LogP contribution is 2.51. The molecular formula is C18H19NO. The summed E-state index contributed by atoms with van der Waals surface area (Å²) >= 11 is 0. The average molecular weight is 265 g/mol. The van der Waals surface area contributed by atoms with Crippen molar-refractivity contribution in [2.75, 3.05) is 7.11 Å². The fourth-order valence-electron chi connectivity index (χ4n) is 4.07. The SMILES string of the molecule is CON1C2Cc3ccccc3CC1(C)c1ccccc12. The zero-order chi connectivity index (χ0) is 13.7. The Labute approximate surface area is 119 Å². The Morgan fingerprint density at radius 3 is 2.55 bits per heavy atom. The molecule has 2 aliphatic rings. The summed E-state index contributed by atoms with van der Waals surface area (Å²) in [5, 5.41) is 2.21. The smallest absolute Gasteiger partial charge is 0.0733 e. The van der Waals surface area contributed by atoms with Crippen molar-refractivity contribution in [1.82, 2.24) is 5.06 Å². The van der Waals surface area contributed by atoms with E-state index >= 15 is 0 Å². The Balaban J connectivity index is 1.95. The fourth-order valence-corrected chi connectivity index (χ4v) is 4.07. The molecule has 20 heavy (non-hydrogen) atoms. The molecule has 2 heterocycles. The van der Waals surface area contributed by atoms with E-state index in [9.17, 15) is 0 Å². The molecule has 0 fully saturated rings. The molecular weight excluding hydrogens is 246 g/mol. The molecule has 2 aromatic rings. The van der Waals surface area contributed by atoms with Crippen molar-refractivity contribution >= 4 is 0 Å². The van der Waals surface area contributed by atoms with E-state index in [1.165, 1.54) is 22.3 Å². The Hall–Kier alpha value is -1.64. The maximum absolute atomic E-state index is 5.81. The lowest BCUT2D eigenvalue weighted by Crippen LogP contribution is -2.40. The number of hydrogen-bond acceptors (Lipinski definition) is 2. The lowest BCUT2D eigenvalue weighted by Gasteiger charge is -2.35. The molecule has 4 rings (SSSR count). The molecule has 0 spiro atoms. The first-order valence-electron chi connectivity index (χ1n) is 7.23. The van der Waals surface area contributed by atoms with Crippen molar-refractivity contribution in [3.63, 3.8) is 0 Å². The van der Waals surface area contributed by atoms with Gasteiger partial charge >= 0.3 is 0 Å². The van der Waals surface area contributed by atoms with Crippen LogP contribution in [0.2, 0.25) is 0 Å². The zero-order valence-electron chi connectivity index (χ0n) is 12.0. The van der Waals surface area contributed by atoms with Crippen molar-refractivity contribution < 1.29 is 4.84 Å². The third-order valence-corrected chi connectivity index (χ3v) is 4.93. The van der Waals surface area contributed by atoms with Gasteiger partial charge < -0.3 is 4.84 Å². The molecule has 0 saturated heterocycles. The molecule has 2 atom stereocenters. The van der Waals surface area contributed by atoms with Gasteiger partial charge in [-0.25, -0.2) is 0 Å². The van der Waals surface area contributed by atoms with Crippen molar-refractivity contribution in [1.29, 1.82) is 0 Å². The van der Waals surface area contributed by atoms with Crippen LogP contribution in [0.4, 0.5) is 0 Å². The van der Waals surface area contributed by atoms with E-state index in [-0.39, 0.29) is 5.54 Å². The predicted molar refractivity (Wildman–Crippen MR) is 79.2 cm³/mol. The van der Waals surface area contributed by atoms with E-state index < -0.39 is 0 Å². The second kappa shape index (κ2) is 4.18. The van der Waals surface area contributed by atoms with Gasteiger partial charge in [0.25, 0.3) is 0 Å². The van der Waals surface area contributed by atoms with Crippen LogP contribution in [0.1, 0.15) is 35.2 Å². The number of hydroxylamine groups is 2. The van der Waals surface area contributed by atoms with Crippen LogP contribution in [0.15, 0.2) is 48.5 Å². The maximum atomic E-state index is 5.81. The lowest BCUT2D eigenvalue weighted by molar-refractivity contribution is -0.216. The van der Waals surface area contributed by atoms with Crippen molar-refractivity contribution in [3.05, 3.63) is 70.8 Å². The number of rotatable bonds is 1. The van der Waals surface area contributed by atoms with E-state index in [2.05, 4.69) is 60.5 Å².